The Morgan fingerprint density at radius 1 is 0.800 bits per heavy atom. The summed E-state index contributed by atoms with van der Waals surface area (Å²) < 4.78 is 34.0. The molecule has 1 aliphatic rings. The van der Waals surface area contributed by atoms with Crippen molar-refractivity contribution < 1.29 is 32.4 Å². The van der Waals surface area contributed by atoms with Gasteiger partial charge in [0.15, 0.2) is 17.2 Å². The summed E-state index contributed by atoms with van der Waals surface area (Å²) in [7, 11) is -4.57. The smallest absolute Gasteiger partial charge is 0.299 e. The molecule has 1 heterocycles. The van der Waals surface area contributed by atoms with Gasteiger partial charge in [0.05, 0.1) is 17.9 Å². The predicted molar refractivity (Wildman–Crippen MR) is 142 cm³/mol. The number of Topliss-reactive ketones (excluding diaryl/α,β-unsaturated/α-hetero) is 2. The maximum Gasteiger partial charge on any atom is 0.299 e. The first-order valence-electron chi connectivity index (χ1n) is 9.74. The van der Waals surface area contributed by atoms with E-state index in [1.807, 2.05) is 0 Å². The first-order chi connectivity index (χ1) is 16.2. The molecule has 0 amide bonds. The number of fused-ring (bicyclic) bond motifs is 1. The minimum absolute atomic E-state index is 0.0413. The molecule has 1 aliphatic heterocycles. The van der Waals surface area contributed by atoms with Crippen LogP contribution >= 0.6 is 63.7 Å². The summed E-state index contributed by atoms with van der Waals surface area (Å²) in [5.74, 6) is -1.32. The molecule has 0 aliphatic carbocycles. The van der Waals surface area contributed by atoms with E-state index in [1.54, 1.807) is 0 Å². The standard InChI is InChI=1S/C23H14Br4O7S/c1-9(28)13-3-4-14-22(19(13)10(2)29)35(32,33)34-23(14,11-5-15(24)20(30)16(25)6-11)12-7-17(26)21(31)18(27)8-12/h3-8,30-31H,1-2H3. The molecule has 7 nitrogen and oxygen atoms in total. The van der Waals surface area contributed by atoms with Gasteiger partial charge in [-0.1, -0.05) is 12.1 Å². The second-order valence-electron chi connectivity index (χ2n) is 7.77. The number of phenolic OH excluding ortho intramolecular Hbond substituents is 2. The van der Waals surface area contributed by atoms with Gasteiger partial charge in [-0.25, -0.2) is 4.18 Å². The van der Waals surface area contributed by atoms with Gasteiger partial charge in [0.2, 0.25) is 0 Å². The van der Waals surface area contributed by atoms with Gasteiger partial charge in [-0.15, -0.1) is 0 Å². The van der Waals surface area contributed by atoms with E-state index in [-0.39, 0.29) is 57.2 Å². The molecule has 0 bridgehead atoms. The molecule has 182 valence electrons. The van der Waals surface area contributed by atoms with Crippen LogP contribution in [0, 0.1) is 0 Å². The average Bonchev–Trinajstić information content (AvgIpc) is 3.02. The highest BCUT2D eigenvalue weighted by atomic mass is 79.9. The number of carbonyl (C=O) groups excluding carboxylic acids is 2. The van der Waals surface area contributed by atoms with Crippen LogP contribution in [0.4, 0.5) is 0 Å². The fourth-order valence-electron chi connectivity index (χ4n) is 4.13. The van der Waals surface area contributed by atoms with Gasteiger partial charge in [-0.05, 0) is 113 Å². The van der Waals surface area contributed by atoms with Crippen molar-refractivity contribution in [2.24, 2.45) is 0 Å². The minimum Gasteiger partial charge on any atom is -0.506 e. The van der Waals surface area contributed by atoms with Gasteiger partial charge in [0.1, 0.15) is 16.4 Å². The largest absolute Gasteiger partial charge is 0.506 e. The Hall–Kier alpha value is -1.57. The molecule has 4 rings (SSSR count). The molecule has 3 aromatic rings. The highest BCUT2D eigenvalue weighted by Gasteiger charge is 2.54. The van der Waals surface area contributed by atoms with Crippen molar-refractivity contribution in [3.05, 3.63) is 82.1 Å². The fraction of sp³-hybridized carbons (Fsp3) is 0.130. The van der Waals surface area contributed by atoms with Gasteiger partial charge in [-0.2, -0.15) is 8.42 Å². The quantitative estimate of drug-likeness (QED) is 0.229. The molecular weight excluding hydrogens is 740 g/mol. The number of aromatic hydroxyl groups is 2. The van der Waals surface area contributed by atoms with E-state index in [9.17, 15) is 28.2 Å². The number of benzene rings is 3. The number of rotatable bonds is 4. The Labute approximate surface area is 234 Å². The summed E-state index contributed by atoms with van der Waals surface area (Å²) in [6.45, 7) is 2.42. The zero-order valence-electron chi connectivity index (χ0n) is 17.8. The monoisotopic (exact) mass is 750 g/mol. The van der Waals surface area contributed by atoms with Gasteiger partial charge < -0.3 is 10.2 Å². The van der Waals surface area contributed by atoms with Crippen molar-refractivity contribution in [3.63, 3.8) is 0 Å². The third-order valence-corrected chi connectivity index (χ3v) is 9.41. The summed E-state index contributed by atoms with van der Waals surface area (Å²) in [6.07, 6.45) is 0. The van der Waals surface area contributed by atoms with Crippen LogP contribution in [0.5, 0.6) is 11.5 Å². The van der Waals surface area contributed by atoms with E-state index in [1.165, 1.54) is 50.2 Å². The first-order valence-corrected chi connectivity index (χ1v) is 14.3. The van der Waals surface area contributed by atoms with Crippen molar-refractivity contribution in [1.29, 1.82) is 0 Å². The van der Waals surface area contributed by atoms with E-state index >= 15 is 0 Å². The van der Waals surface area contributed by atoms with Gasteiger partial charge >= 0.3 is 0 Å². The van der Waals surface area contributed by atoms with Crippen molar-refractivity contribution in [3.8, 4) is 11.5 Å². The molecule has 0 unspecified atom stereocenters. The molecule has 35 heavy (non-hydrogen) atoms. The van der Waals surface area contributed by atoms with E-state index in [0.717, 1.165) is 0 Å². The summed E-state index contributed by atoms with van der Waals surface area (Å²) in [4.78, 5) is 24.5. The van der Waals surface area contributed by atoms with Gasteiger partial charge in [0.25, 0.3) is 10.1 Å². The summed E-state index contributed by atoms with van der Waals surface area (Å²) in [5, 5.41) is 20.6. The SMILES string of the molecule is CC(=O)c1ccc2c(c1C(C)=O)S(=O)(=O)OC2(c1cc(Br)c(O)c(Br)c1)c1cc(Br)c(O)c(Br)c1. The van der Waals surface area contributed by atoms with Gasteiger partial charge in [0, 0.05) is 16.7 Å². The van der Waals surface area contributed by atoms with Crippen molar-refractivity contribution in [1.82, 2.24) is 0 Å². The minimum atomic E-state index is -4.57. The Bertz CT molecular complexity index is 1460. The molecule has 12 heteroatoms. The van der Waals surface area contributed by atoms with Crippen LogP contribution in [0.1, 0.15) is 51.3 Å². The molecule has 2 N–H and O–H groups in total. The van der Waals surface area contributed by atoms with Crippen molar-refractivity contribution >= 4 is 85.4 Å². The van der Waals surface area contributed by atoms with Crippen LogP contribution in [0.2, 0.25) is 0 Å². The van der Waals surface area contributed by atoms with Crippen LogP contribution in [0.3, 0.4) is 0 Å². The molecule has 0 saturated carbocycles. The Balaban J connectivity index is 2.25. The first kappa shape index (κ1) is 26.5. The van der Waals surface area contributed by atoms with Crippen LogP contribution in [-0.2, 0) is 19.9 Å². The van der Waals surface area contributed by atoms with Crippen molar-refractivity contribution in [2.45, 2.75) is 24.3 Å². The van der Waals surface area contributed by atoms with E-state index in [0.29, 0.717) is 0 Å². The highest BCUT2D eigenvalue weighted by molar-refractivity contribution is 9.11. The second-order valence-corrected chi connectivity index (χ2v) is 12.7. The molecule has 0 fully saturated rings. The zero-order chi connectivity index (χ0) is 26.0. The number of halogens is 4. The lowest BCUT2D eigenvalue weighted by molar-refractivity contribution is 0.0978. The molecule has 0 saturated heterocycles. The maximum atomic E-state index is 13.6. The highest BCUT2D eigenvalue weighted by Crippen LogP contribution is 2.54. The third kappa shape index (κ3) is 4.11. The maximum absolute atomic E-state index is 13.6. The Morgan fingerprint density at radius 2 is 1.23 bits per heavy atom. The lowest BCUT2D eigenvalue weighted by Crippen LogP contribution is -2.30. The van der Waals surface area contributed by atoms with Crippen LogP contribution in [0.15, 0.2) is 59.2 Å². The number of hydrogen-bond acceptors (Lipinski definition) is 7. The Kier molecular flexibility index (Phi) is 6.87. The molecule has 3 aromatic carbocycles. The van der Waals surface area contributed by atoms with E-state index in [4.69, 9.17) is 4.18 Å². The third-order valence-electron chi connectivity index (χ3n) is 5.60. The van der Waals surface area contributed by atoms with Crippen LogP contribution < -0.4 is 0 Å². The fourth-order valence-corrected chi connectivity index (χ4v) is 8.18. The molecule has 0 aromatic heterocycles. The zero-order valence-corrected chi connectivity index (χ0v) is 25.0. The normalized spacial score (nSPS) is 15.6. The summed E-state index contributed by atoms with van der Waals surface area (Å²) >= 11 is 13.1. The predicted octanol–water partition coefficient (Wildman–Crippen LogP) is 6.56. The van der Waals surface area contributed by atoms with Gasteiger partial charge in [-0.3, -0.25) is 9.59 Å². The van der Waals surface area contributed by atoms with Crippen molar-refractivity contribution in [2.75, 3.05) is 0 Å². The number of hydrogen-bond donors (Lipinski definition) is 2. The topological polar surface area (TPSA) is 118 Å². The lowest BCUT2D eigenvalue weighted by atomic mass is 9.79. The van der Waals surface area contributed by atoms with E-state index in [2.05, 4.69) is 63.7 Å². The van der Waals surface area contributed by atoms with Crippen LogP contribution in [-0.4, -0.2) is 30.2 Å². The molecule has 0 radical (unpaired) electrons. The molecule has 0 atom stereocenters. The molecule has 0 spiro atoms. The van der Waals surface area contributed by atoms with E-state index < -0.39 is 32.2 Å². The number of phenols is 2. The summed E-state index contributed by atoms with van der Waals surface area (Å²) in [5.41, 5.74) is -1.48. The average molecular weight is 754 g/mol. The Morgan fingerprint density at radius 3 is 1.60 bits per heavy atom. The summed E-state index contributed by atoms with van der Waals surface area (Å²) in [6, 6.07) is 8.80. The number of ketones is 2. The number of carbonyl (C=O) groups is 2. The lowest BCUT2D eigenvalue weighted by Gasteiger charge is -2.30. The molecular formula is C23H14Br4O7S. The van der Waals surface area contributed by atoms with Crippen LogP contribution in [0.25, 0.3) is 0 Å². The second kappa shape index (κ2) is 9.07.